The first-order valence-electron chi connectivity index (χ1n) is 7.73. The molecule has 1 fully saturated rings. The van der Waals surface area contributed by atoms with Crippen molar-refractivity contribution in [2.24, 2.45) is 5.41 Å². The van der Waals surface area contributed by atoms with Gasteiger partial charge in [-0.2, -0.15) is 18.4 Å². The molecular weight excluding hydrogens is 347 g/mol. The molecule has 0 saturated carbocycles. The van der Waals surface area contributed by atoms with E-state index >= 15 is 0 Å². The summed E-state index contributed by atoms with van der Waals surface area (Å²) in [5.74, 6) is -0.0823. The van der Waals surface area contributed by atoms with Crippen LogP contribution in [0.5, 0.6) is 0 Å². The second kappa shape index (κ2) is 6.29. The second-order valence-electron chi connectivity index (χ2n) is 6.08. The van der Waals surface area contributed by atoms with Crippen molar-refractivity contribution in [2.75, 3.05) is 16.8 Å². The number of amides is 1. The molecule has 3 rings (SSSR count). The Morgan fingerprint density at radius 3 is 2.73 bits per heavy atom. The van der Waals surface area contributed by atoms with E-state index in [1.54, 1.807) is 13.0 Å². The maximum absolute atomic E-state index is 12.7. The number of carbonyl (C=O) groups excluding carboxylic acids is 1. The van der Waals surface area contributed by atoms with Crippen molar-refractivity contribution in [3.8, 4) is 6.07 Å². The number of halogens is 3. The molecule has 1 saturated heterocycles. The monoisotopic (exact) mass is 361 g/mol. The van der Waals surface area contributed by atoms with Gasteiger partial charge in [-0.15, -0.1) is 0 Å². The molecule has 9 heteroatoms. The summed E-state index contributed by atoms with van der Waals surface area (Å²) < 4.78 is 38.2. The number of hydrogen-bond donors (Lipinski definition) is 1. The molecule has 3 heterocycles. The number of alkyl halides is 3. The molecule has 2 aromatic heterocycles. The zero-order valence-corrected chi connectivity index (χ0v) is 13.7. The van der Waals surface area contributed by atoms with E-state index in [0.29, 0.717) is 18.7 Å². The zero-order chi connectivity index (χ0) is 18.9. The van der Waals surface area contributed by atoms with Crippen molar-refractivity contribution in [1.82, 2.24) is 9.97 Å². The molecule has 0 aliphatic carbocycles. The fourth-order valence-corrected chi connectivity index (χ4v) is 2.64. The van der Waals surface area contributed by atoms with Crippen LogP contribution in [0, 0.1) is 16.7 Å². The topological polar surface area (TPSA) is 81.9 Å². The van der Waals surface area contributed by atoms with Crippen LogP contribution in [0.1, 0.15) is 19.0 Å². The van der Waals surface area contributed by atoms with Crippen molar-refractivity contribution in [1.29, 1.82) is 5.26 Å². The maximum Gasteiger partial charge on any atom is 0.433 e. The Labute approximate surface area is 147 Å². The van der Waals surface area contributed by atoms with Crippen molar-refractivity contribution >= 4 is 23.2 Å². The standard InChI is InChI=1S/C17H14F3N5O/c1-16(10-21)6-8-25(15(16)26)11-5-7-22-14(9-11)24-13-4-2-3-12(23-13)17(18,19)20/h2-5,7,9H,6,8H2,1H3,(H,22,23,24)/t16-/m1/s1. The van der Waals surface area contributed by atoms with Crippen LogP contribution in [-0.2, 0) is 11.0 Å². The van der Waals surface area contributed by atoms with Crippen LogP contribution in [0.25, 0.3) is 0 Å². The Bertz CT molecular complexity index is 892. The number of aromatic nitrogens is 2. The van der Waals surface area contributed by atoms with Crippen molar-refractivity contribution in [2.45, 2.75) is 19.5 Å². The van der Waals surface area contributed by atoms with E-state index in [2.05, 4.69) is 15.3 Å². The summed E-state index contributed by atoms with van der Waals surface area (Å²) in [6.45, 7) is 1.97. The molecule has 0 radical (unpaired) electrons. The van der Waals surface area contributed by atoms with Crippen molar-refractivity contribution in [3.63, 3.8) is 0 Å². The molecule has 1 N–H and O–H groups in total. The number of pyridine rings is 2. The average Bonchev–Trinajstić information content (AvgIpc) is 2.91. The van der Waals surface area contributed by atoms with Crippen LogP contribution in [0.4, 0.5) is 30.5 Å². The van der Waals surface area contributed by atoms with E-state index in [1.165, 1.54) is 29.3 Å². The number of nitrogens with zero attached hydrogens (tertiary/aromatic N) is 4. The first-order chi connectivity index (χ1) is 12.2. The molecule has 134 valence electrons. The van der Waals surface area contributed by atoms with E-state index < -0.39 is 17.3 Å². The number of anilines is 3. The molecule has 0 unspecified atom stereocenters. The lowest BCUT2D eigenvalue weighted by molar-refractivity contribution is -0.141. The normalized spacial score (nSPS) is 20.1. The van der Waals surface area contributed by atoms with E-state index in [9.17, 15) is 23.2 Å². The molecular formula is C17H14F3N5O. The third-order valence-electron chi connectivity index (χ3n) is 4.15. The van der Waals surface area contributed by atoms with Crippen LogP contribution in [0.2, 0.25) is 0 Å². The first-order valence-corrected chi connectivity index (χ1v) is 7.73. The predicted molar refractivity (Wildman–Crippen MR) is 87.4 cm³/mol. The predicted octanol–water partition coefficient (Wildman–Crippen LogP) is 3.51. The second-order valence-corrected chi connectivity index (χ2v) is 6.08. The highest BCUT2D eigenvalue weighted by Crippen LogP contribution is 2.35. The van der Waals surface area contributed by atoms with Gasteiger partial charge in [0.2, 0.25) is 5.91 Å². The third-order valence-corrected chi connectivity index (χ3v) is 4.15. The number of nitriles is 1. The van der Waals surface area contributed by atoms with Crippen LogP contribution in [-0.4, -0.2) is 22.4 Å². The molecule has 26 heavy (non-hydrogen) atoms. The van der Waals surface area contributed by atoms with Crippen molar-refractivity contribution < 1.29 is 18.0 Å². The minimum atomic E-state index is -4.54. The van der Waals surface area contributed by atoms with Crippen LogP contribution >= 0.6 is 0 Å². The molecule has 1 aliphatic rings. The average molecular weight is 361 g/mol. The summed E-state index contributed by atoms with van der Waals surface area (Å²) in [7, 11) is 0. The van der Waals surface area contributed by atoms with Gasteiger partial charge in [0.15, 0.2) is 0 Å². The third kappa shape index (κ3) is 3.31. The molecule has 0 aromatic carbocycles. The van der Waals surface area contributed by atoms with Gasteiger partial charge in [-0.05, 0) is 31.5 Å². The molecule has 1 aliphatic heterocycles. The largest absolute Gasteiger partial charge is 0.433 e. The summed E-state index contributed by atoms with van der Waals surface area (Å²) in [4.78, 5) is 21.4. The van der Waals surface area contributed by atoms with E-state index in [4.69, 9.17) is 0 Å². The van der Waals surface area contributed by atoms with Crippen LogP contribution in [0.15, 0.2) is 36.5 Å². The summed E-state index contributed by atoms with van der Waals surface area (Å²) in [5.41, 5.74) is -1.57. The highest BCUT2D eigenvalue weighted by molar-refractivity contribution is 6.01. The molecule has 0 spiro atoms. The molecule has 1 amide bonds. The van der Waals surface area contributed by atoms with Gasteiger partial charge < -0.3 is 10.2 Å². The minimum absolute atomic E-state index is 0.0147. The Morgan fingerprint density at radius 1 is 1.31 bits per heavy atom. The van der Waals surface area contributed by atoms with Gasteiger partial charge in [0, 0.05) is 24.5 Å². The lowest BCUT2D eigenvalue weighted by Gasteiger charge is -2.19. The Kier molecular flexibility index (Phi) is 4.28. The van der Waals surface area contributed by atoms with Crippen molar-refractivity contribution in [3.05, 3.63) is 42.2 Å². The van der Waals surface area contributed by atoms with E-state index in [1.807, 2.05) is 6.07 Å². The van der Waals surface area contributed by atoms with E-state index in [0.717, 1.165) is 6.07 Å². The maximum atomic E-state index is 12.7. The smallest absolute Gasteiger partial charge is 0.325 e. The highest BCUT2D eigenvalue weighted by atomic mass is 19.4. The van der Waals surface area contributed by atoms with Gasteiger partial charge >= 0.3 is 6.18 Å². The van der Waals surface area contributed by atoms with Gasteiger partial charge in [-0.25, -0.2) is 9.97 Å². The summed E-state index contributed by atoms with van der Waals surface area (Å²) >= 11 is 0. The van der Waals surface area contributed by atoms with Gasteiger partial charge in [0.05, 0.1) is 6.07 Å². The summed E-state index contributed by atoms with van der Waals surface area (Å²) in [6, 6.07) is 8.66. The Balaban J connectivity index is 1.83. The number of hydrogen-bond acceptors (Lipinski definition) is 5. The van der Waals surface area contributed by atoms with E-state index in [-0.39, 0.29) is 17.5 Å². The fraction of sp³-hybridized carbons (Fsp3) is 0.294. The number of carbonyl (C=O) groups is 1. The molecule has 6 nitrogen and oxygen atoms in total. The number of rotatable bonds is 3. The zero-order valence-electron chi connectivity index (χ0n) is 13.7. The van der Waals surface area contributed by atoms with Gasteiger partial charge in [-0.1, -0.05) is 6.07 Å². The lowest BCUT2D eigenvalue weighted by atomic mass is 9.91. The van der Waals surface area contributed by atoms with Crippen LogP contribution in [0.3, 0.4) is 0 Å². The van der Waals surface area contributed by atoms with Gasteiger partial charge in [-0.3, -0.25) is 4.79 Å². The minimum Gasteiger partial charge on any atom is -0.325 e. The molecule has 0 bridgehead atoms. The molecule has 1 atom stereocenters. The molecule has 2 aromatic rings. The highest BCUT2D eigenvalue weighted by Gasteiger charge is 2.43. The first kappa shape index (κ1) is 17.7. The Morgan fingerprint density at radius 2 is 2.08 bits per heavy atom. The summed E-state index contributed by atoms with van der Waals surface area (Å²) in [5, 5.41) is 11.9. The van der Waals surface area contributed by atoms with Crippen LogP contribution < -0.4 is 10.2 Å². The number of nitrogens with one attached hydrogen (secondary N) is 1. The van der Waals surface area contributed by atoms with Gasteiger partial charge in [0.25, 0.3) is 0 Å². The fourth-order valence-electron chi connectivity index (χ4n) is 2.64. The summed E-state index contributed by atoms with van der Waals surface area (Å²) in [6.07, 6.45) is -2.71. The lowest BCUT2D eigenvalue weighted by Crippen LogP contribution is -2.31. The quantitative estimate of drug-likeness (QED) is 0.905. The van der Waals surface area contributed by atoms with Gasteiger partial charge in [0.1, 0.15) is 22.7 Å². The Hall–Kier alpha value is -3.15. The SMILES string of the molecule is C[C@]1(C#N)CCN(c2ccnc(Nc3cccc(C(F)(F)F)n3)c2)C1=O.